The molecule has 7 heteroatoms. The molecule has 0 aliphatic carbocycles. The first-order chi connectivity index (χ1) is 13.1. The SMILES string of the molecule is COc1ccc(C[C@@H](N)C(=O)Nc2cc(-c3ccncc3)c[nH]c2=O)cc1. The third kappa shape index (κ3) is 4.59. The monoisotopic (exact) mass is 364 g/mol. The zero-order valence-corrected chi connectivity index (χ0v) is 14.8. The van der Waals surface area contributed by atoms with Crippen molar-refractivity contribution in [3.63, 3.8) is 0 Å². The third-order valence-corrected chi connectivity index (χ3v) is 4.13. The molecule has 2 aromatic heterocycles. The van der Waals surface area contributed by atoms with E-state index in [1.807, 2.05) is 36.4 Å². The number of methoxy groups -OCH3 is 1. The van der Waals surface area contributed by atoms with Crippen molar-refractivity contribution in [2.45, 2.75) is 12.5 Å². The van der Waals surface area contributed by atoms with Crippen LogP contribution in [0.5, 0.6) is 5.75 Å². The van der Waals surface area contributed by atoms with Gasteiger partial charge in [-0.25, -0.2) is 0 Å². The van der Waals surface area contributed by atoms with E-state index in [1.165, 1.54) is 0 Å². The number of hydrogen-bond donors (Lipinski definition) is 3. The number of aromatic amines is 1. The molecule has 0 unspecified atom stereocenters. The summed E-state index contributed by atoms with van der Waals surface area (Å²) >= 11 is 0. The van der Waals surface area contributed by atoms with Crippen LogP contribution >= 0.6 is 0 Å². The number of rotatable bonds is 6. The highest BCUT2D eigenvalue weighted by atomic mass is 16.5. The second kappa shape index (κ2) is 8.29. The largest absolute Gasteiger partial charge is 0.497 e. The van der Waals surface area contributed by atoms with E-state index in [2.05, 4.69) is 15.3 Å². The molecular formula is C20H20N4O3. The third-order valence-electron chi connectivity index (χ3n) is 4.13. The molecule has 7 nitrogen and oxygen atoms in total. The Morgan fingerprint density at radius 3 is 2.56 bits per heavy atom. The number of benzene rings is 1. The predicted octanol–water partition coefficient (Wildman–Crippen LogP) is 1.95. The summed E-state index contributed by atoms with van der Waals surface area (Å²) in [5, 5.41) is 2.61. The Morgan fingerprint density at radius 2 is 1.89 bits per heavy atom. The van der Waals surface area contributed by atoms with Crippen molar-refractivity contribution >= 4 is 11.6 Å². The fraction of sp³-hybridized carbons (Fsp3) is 0.150. The molecule has 4 N–H and O–H groups in total. The van der Waals surface area contributed by atoms with Crippen LogP contribution in [0.1, 0.15) is 5.56 Å². The number of H-pyrrole nitrogens is 1. The predicted molar refractivity (Wildman–Crippen MR) is 104 cm³/mol. The lowest BCUT2D eigenvalue weighted by Gasteiger charge is -2.13. The van der Waals surface area contributed by atoms with Crippen molar-refractivity contribution in [2.24, 2.45) is 5.73 Å². The topological polar surface area (TPSA) is 110 Å². The van der Waals surface area contributed by atoms with Crippen LogP contribution in [0.3, 0.4) is 0 Å². The van der Waals surface area contributed by atoms with Crippen LogP contribution in [-0.4, -0.2) is 29.0 Å². The normalized spacial score (nSPS) is 11.6. The van der Waals surface area contributed by atoms with E-state index in [4.69, 9.17) is 10.5 Å². The highest BCUT2D eigenvalue weighted by Gasteiger charge is 2.16. The van der Waals surface area contributed by atoms with Gasteiger partial charge in [0.05, 0.1) is 13.2 Å². The van der Waals surface area contributed by atoms with Gasteiger partial charge in [0.15, 0.2) is 0 Å². The first-order valence-corrected chi connectivity index (χ1v) is 8.39. The Morgan fingerprint density at radius 1 is 1.19 bits per heavy atom. The first-order valence-electron chi connectivity index (χ1n) is 8.39. The van der Waals surface area contributed by atoms with Crippen molar-refractivity contribution < 1.29 is 9.53 Å². The van der Waals surface area contributed by atoms with Gasteiger partial charge in [0.25, 0.3) is 5.56 Å². The highest BCUT2D eigenvalue weighted by molar-refractivity contribution is 5.95. The zero-order valence-electron chi connectivity index (χ0n) is 14.8. The quantitative estimate of drug-likeness (QED) is 0.619. The van der Waals surface area contributed by atoms with Crippen LogP contribution < -0.4 is 21.3 Å². The number of nitrogens with zero attached hydrogens (tertiary/aromatic N) is 1. The summed E-state index contributed by atoms with van der Waals surface area (Å²) < 4.78 is 5.11. The van der Waals surface area contributed by atoms with Gasteiger partial charge < -0.3 is 20.8 Å². The van der Waals surface area contributed by atoms with E-state index >= 15 is 0 Å². The average molecular weight is 364 g/mol. The van der Waals surface area contributed by atoms with Gasteiger partial charge in [-0.15, -0.1) is 0 Å². The fourth-order valence-electron chi connectivity index (χ4n) is 2.62. The number of amides is 1. The molecule has 1 atom stereocenters. The number of hydrogen-bond acceptors (Lipinski definition) is 5. The van der Waals surface area contributed by atoms with Crippen LogP contribution in [0, 0.1) is 0 Å². The number of carbonyl (C=O) groups is 1. The summed E-state index contributed by atoms with van der Waals surface area (Å²) in [6.07, 6.45) is 5.25. The summed E-state index contributed by atoms with van der Waals surface area (Å²) in [4.78, 5) is 31.1. The van der Waals surface area contributed by atoms with E-state index < -0.39 is 17.5 Å². The summed E-state index contributed by atoms with van der Waals surface area (Å²) in [5.74, 6) is 0.305. The van der Waals surface area contributed by atoms with Gasteiger partial charge in [0.1, 0.15) is 11.4 Å². The van der Waals surface area contributed by atoms with Crippen molar-refractivity contribution in [2.75, 3.05) is 12.4 Å². The van der Waals surface area contributed by atoms with Crippen molar-refractivity contribution in [1.82, 2.24) is 9.97 Å². The minimum absolute atomic E-state index is 0.152. The minimum Gasteiger partial charge on any atom is -0.497 e. The molecule has 1 aromatic carbocycles. The Hall–Kier alpha value is -3.45. The van der Waals surface area contributed by atoms with Crippen LogP contribution in [-0.2, 0) is 11.2 Å². The van der Waals surface area contributed by atoms with Gasteiger partial charge in [0.2, 0.25) is 5.91 Å². The Balaban J connectivity index is 1.72. The van der Waals surface area contributed by atoms with Gasteiger partial charge in [-0.1, -0.05) is 12.1 Å². The standard InChI is InChI=1S/C20H20N4O3/c1-27-16-4-2-13(3-5-16)10-17(21)19(25)24-18-11-15(12-23-20(18)26)14-6-8-22-9-7-14/h2-9,11-12,17H,10,21H2,1H3,(H,23,26)(H,24,25)/t17-/m1/s1. The molecule has 1 amide bonds. The molecule has 0 saturated carbocycles. The lowest BCUT2D eigenvalue weighted by molar-refractivity contribution is -0.117. The van der Waals surface area contributed by atoms with Gasteiger partial charge in [-0.3, -0.25) is 14.6 Å². The van der Waals surface area contributed by atoms with E-state index in [-0.39, 0.29) is 5.69 Å². The maximum absolute atomic E-state index is 12.4. The maximum Gasteiger partial charge on any atom is 0.271 e. The van der Waals surface area contributed by atoms with E-state index in [9.17, 15) is 9.59 Å². The Kier molecular flexibility index (Phi) is 5.63. The zero-order chi connectivity index (χ0) is 19.2. The highest BCUT2D eigenvalue weighted by Crippen LogP contribution is 2.19. The summed E-state index contributed by atoms with van der Waals surface area (Å²) in [6, 6.07) is 11.8. The van der Waals surface area contributed by atoms with Crippen LogP contribution in [0.25, 0.3) is 11.1 Å². The lowest BCUT2D eigenvalue weighted by atomic mass is 10.1. The lowest BCUT2D eigenvalue weighted by Crippen LogP contribution is -2.38. The van der Waals surface area contributed by atoms with E-state index in [0.717, 1.165) is 22.4 Å². The van der Waals surface area contributed by atoms with Crippen molar-refractivity contribution in [1.29, 1.82) is 0 Å². The minimum atomic E-state index is -0.789. The number of pyridine rings is 2. The van der Waals surface area contributed by atoms with Gasteiger partial charge in [-0.2, -0.15) is 0 Å². The number of carbonyl (C=O) groups excluding carboxylic acids is 1. The molecule has 27 heavy (non-hydrogen) atoms. The van der Waals surface area contributed by atoms with Crippen molar-refractivity contribution in [3.05, 3.63) is 77.0 Å². The van der Waals surface area contributed by atoms with Crippen molar-refractivity contribution in [3.8, 4) is 16.9 Å². The summed E-state index contributed by atoms with van der Waals surface area (Å²) in [7, 11) is 1.59. The summed E-state index contributed by atoms with van der Waals surface area (Å²) in [5.41, 5.74) is 8.30. The Bertz CT molecular complexity index is 969. The molecule has 0 aliphatic heterocycles. The smallest absolute Gasteiger partial charge is 0.271 e. The molecule has 3 rings (SSSR count). The molecule has 0 saturated heterocycles. The van der Waals surface area contributed by atoms with E-state index in [1.54, 1.807) is 31.8 Å². The molecule has 0 spiro atoms. The van der Waals surface area contributed by atoms with Gasteiger partial charge >= 0.3 is 0 Å². The second-order valence-electron chi connectivity index (χ2n) is 6.01. The average Bonchev–Trinajstić information content (AvgIpc) is 2.70. The molecule has 0 aliphatic rings. The fourth-order valence-corrected chi connectivity index (χ4v) is 2.62. The molecular weight excluding hydrogens is 344 g/mol. The van der Waals surface area contributed by atoms with E-state index in [0.29, 0.717) is 6.42 Å². The van der Waals surface area contributed by atoms with Crippen LogP contribution in [0.4, 0.5) is 5.69 Å². The molecule has 2 heterocycles. The molecule has 0 bridgehead atoms. The molecule has 0 radical (unpaired) electrons. The van der Waals surface area contributed by atoms with Gasteiger partial charge in [-0.05, 0) is 47.9 Å². The number of nitrogens with two attached hydrogens (primary N) is 1. The Labute approximate surface area is 156 Å². The molecule has 0 fully saturated rings. The van der Waals surface area contributed by atoms with Gasteiger partial charge in [0, 0.05) is 24.2 Å². The van der Waals surface area contributed by atoms with Crippen LogP contribution in [0.15, 0.2) is 65.8 Å². The summed E-state index contributed by atoms with van der Waals surface area (Å²) in [6.45, 7) is 0. The number of anilines is 1. The van der Waals surface area contributed by atoms with Crippen LogP contribution in [0.2, 0.25) is 0 Å². The molecule has 3 aromatic rings. The maximum atomic E-state index is 12.4. The number of nitrogens with one attached hydrogen (secondary N) is 2. The molecule has 138 valence electrons. The second-order valence-corrected chi connectivity index (χ2v) is 6.01. The number of ether oxygens (including phenoxy) is 1. The first kappa shape index (κ1) is 18.3. The number of aromatic nitrogens is 2.